The Labute approximate surface area is 108 Å². The zero-order chi connectivity index (χ0) is 13.0. The molecule has 0 fully saturated rings. The molecule has 0 saturated carbocycles. The molecule has 0 aliphatic carbocycles. The average Bonchev–Trinajstić information content (AvgIpc) is 2.35. The van der Waals surface area contributed by atoms with E-state index >= 15 is 0 Å². The number of nitrogens with two attached hydrogens (primary N) is 1. The first-order valence-corrected chi connectivity index (χ1v) is 6.05. The summed E-state index contributed by atoms with van der Waals surface area (Å²) in [5.41, 5.74) is 9.72. The molecule has 0 aliphatic rings. The van der Waals surface area contributed by atoms with Crippen molar-refractivity contribution in [3.63, 3.8) is 0 Å². The van der Waals surface area contributed by atoms with Crippen LogP contribution in [0.3, 0.4) is 0 Å². The van der Waals surface area contributed by atoms with Crippen molar-refractivity contribution in [3.8, 4) is 5.75 Å². The molecule has 0 unspecified atom stereocenters. The van der Waals surface area contributed by atoms with E-state index in [2.05, 4.69) is 5.32 Å². The van der Waals surface area contributed by atoms with Crippen LogP contribution in [0.25, 0.3) is 0 Å². The summed E-state index contributed by atoms with van der Waals surface area (Å²) < 4.78 is 5.47. The number of anilines is 3. The SMILES string of the molecule is CCOc1cccc(Nc2cc(N)ccc2C)c1. The minimum atomic E-state index is 0.667. The van der Waals surface area contributed by atoms with Crippen molar-refractivity contribution >= 4 is 17.1 Å². The second kappa shape index (κ2) is 5.45. The Morgan fingerprint density at radius 1 is 1.17 bits per heavy atom. The van der Waals surface area contributed by atoms with Gasteiger partial charge < -0.3 is 15.8 Å². The largest absolute Gasteiger partial charge is 0.494 e. The smallest absolute Gasteiger partial charge is 0.121 e. The molecule has 3 N–H and O–H groups in total. The van der Waals surface area contributed by atoms with Gasteiger partial charge in [0.05, 0.1) is 6.61 Å². The molecule has 2 rings (SSSR count). The fraction of sp³-hybridized carbons (Fsp3) is 0.200. The van der Waals surface area contributed by atoms with E-state index in [4.69, 9.17) is 10.5 Å². The minimum absolute atomic E-state index is 0.667. The summed E-state index contributed by atoms with van der Waals surface area (Å²) in [6, 6.07) is 13.7. The summed E-state index contributed by atoms with van der Waals surface area (Å²) >= 11 is 0. The maximum atomic E-state index is 5.79. The number of aryl methyl sites for hydroxylation is 1. The molecule has 0 aliphatic heterocycles. The number of nitrogen functional groups attached to an aromatic ring is 1. The number of ether oxygens (including phenoxy) is 1. The van der Waals surface area contributed by atoms with Gasteiger partial charge in [0.2, 0.25) is 0 Å². The van der Waals surface area contributed by atoms with Gasteiger partial charge in [-0.15, -0.1) is 0 Å². The van der Waals surface area contributed by atoms with Crippen LogP contribution in [0.5, 0.6) is 5.75 Å². The number of rotatable bonds is 4. The van der Waals surface area contributed by atoms with E-state index in [0.29, 0.717) is 6.61 Å². The van der Waals surface area contributed by atoms with Gasteiger partial charge in [0.1, 0.15) is 5.75 Å². The normalized spacial score (nSPS) is 10.1. The summed E-state index contributed by atoms with van der Waals surface area (Å²) in [4.78, 5) is 0. The van der Waals surface area contributed by atoms with Crippen LogP contribution in [-0.4, -0.2) is 6.61 Å². The van der Waals surface area contributed by atoms with E-state index < -0.39 is 0 Å². The first-order chi connectivity index (χ1) is 8.69. The van der Waals surface area contributed by atoms with Crippen LogP contribution in [0.1, 0.15) is 12.5 Å². The summed E-state index contributed by atoms with van der Waals surface area (Å²) in [6.07, 6.45) is 0. The standard InChI is InChI=1S/C15H18N2O/c1-3-18-14-6-4-5-13(10-14)17-15-9-12(16)8-7-11(15)2/h4-10,17H,3,16H2,1-2H3. The Balaban J connectivity index is 2.22. The van der Waals surface area contributed by atoms with Crippen molar-refractivity contribution in [2.75, 3.05) is 17.7 Å². The topological polar surface area (TPSA) is 47.3 Å². The fourth-order valence-electron chi connectivity index (χ4n) is 1.76. The predicted molar refractivity (Wildman–Crippen MR) is 76.5 cm³/mol. The summed E-state index contributed by atoms with van der Waals surface area (Å²) in [5.74, 6) is 0.865. The van der Waals surface area contributed by atoms with Crippen molar-refractivity contribution < 1.29 is 4.74 Å². The highest BCUT2D eigenvalue weighted by Gasteiger charge is 2.01. The number of benzene rings is 2. The maximum absolute atomic E-state index is 5.79. The second-order valence-corrected chi connectivity index (χ2v) is 4.16. The van der Waals surface area contributed by atoms with Gasteiger partial charge in [-0.3, -0.25) is 0 Å². The van der Waals surface area contributed by atoms with Crippen molar-refractivity contribution in [2.24, 2.45) is 0 Å². The van der Waals surface area contributed by atoms with Crippen molar-refractivity contribution in [1.29, 1.82) is 0 Å². The van der Waals surface area contributed by atoms with Gasteiger partial charge in [-0.1, -0.05) is 12.1 Å². The van der Waals surface area contributed by atoms with Gasteiger partial charge in [0.25, 0.3) is 0 Å². The van der Waals surface area contributed by atoms with Crippen LogP contribution in [-0.2, 0) is 0 Å². The van der Waals surface area contributed by atoms with E-state index in [1.54, 1.807) is 0 Å². The molecule has 0 atom stereocenters. The molecule has 0 bridgehead atoms. The molecule has 0 heterocycles. The van der Waals surface area contributed by atoms with Crippen LogP contribution in [0.2, 0.25) is 0 Å². The number of hydrogen-bond donors (Lipinski definition) is 2. The molecule has 0 radical (unpaired) electrons. The molecule has 3 heteroatoms. The molecular weight excluding hydrogens is 224 g/mol. The van der Waals surface area contributed by atoms with Gasteiger partial charge in [0, 0.05) is 23.1 Å². The third-order valence-corrected chi connectivity index (χ3v) is 2.69. The molecule has 3 nitrogen and oxygen atoms in total. The average molecular weight is 242 g/mol. The first-order valence-electron chi connectivity index (χ1n) is 6.05. The van der Waals surface area contributed by atoms with Gasteiger partial charge in [-0.25, -0.2) is 0 Å². The van der Waals surface area contributed by atoms with Crippen LogP contribution in [0.15, 0.2) is 42.5 Å². The third kappa shape index (κ3) is 2.94. The summed E-state index contributed by atoms with van der Waals surface area (Å²) in [6.45, 7) is 4.69. The lowest BCUT2D eigenvalue weighted by atomic mass is 10.1. The zero-order valence-corrected chi connectivity index (χ0v) is 10.7. The van der Waals surface area contributed by atoms with E-state index in [1.807, 2.05) is 56.3 Å². The highest BCUT2D eigenvalue weighted by Crippen LogP contribution is 2.25. The first kappa shape index (κ1) is 12.3. The Bertz CT molecular complexity index is 538. The predicted octanol–water partition coefficient (Wildman–Crippen LogP) is 3.72. The second-order valence-electron chi connectivity index (χ2n) is 4.16. The van der Waals surface area contributed by atoms with E-state index in [-0.39, 0.29) is 0 Å². The van der Waals surface area contributed by atoms with E-state index in [0.717, 1.165) is 28.4 Å². The highest BCUT2D eigenvalue weighted by atomic mass is 16.5. The third-order valence-electron chi connectivity index (χ3n) is 2.69. The highest BCUT2D eigenvalue weighted by molar-refractivity contribution is 5.67. The van der Waals surface area contributed by atoms with Gasteiger partial charge in [-0.2, -0.15) is 0 Å². The lowest BCUT2D eigenvalue weighted by Gasteiger charge is -2.11. The fourth-order valence-corrected chi connectivity index (χ4v) is 1.76. The zero-order valence-electron chi connectivity index (χ0n) is 10.7. The number of nitrogens with one attached hydrogen (secondary N) is 1. The number of hydrogen-bond acceptors (Lipinski definition) is 3. The van der Waals surface area contributed by atoms with E-state index in [9.17, 15) is 0 Å². The van der Waals surface area contributed by atoms with Crippen LogP contribution < -0.4 is 15.8 Å². The Morgan fingerprint density at radius 3 is 2.78 bits per heavy atom. The van der Waals surface area contributed by atoms with Crippen molar-refractivity contribution in [2.45, 2.75) is 13.8 Å². The Hall–Kier alpha value is -2.16. The lowest BCUT2D eigenvalue weighted by molar-refractivity contribution is 0.340. The molecule has 0 saturated heterocycles. The van der Waals surface area contributed by atoms with Gasteiger partial charge in [-0.05, 0) is 43.7 Å². The van der Waals surface area contributed by atoms with Crippen molar-refractivity contribution in [3.05, 3.63) is 48.0 Å². The summed E-state index contributed by atoms with van der Waals surface area (Å²) in [7, 11) is 0. The van der Waals surface area contributed by atoms with Crippen LogP contribution >= 0.6 is 0 Å². The minimum Gasteiger partial charge on any atom is -0.494 e. The molecule has 2 aromatic rings. The molecule has 18 heavy (non-hydrogen) atoms. The molecule has 0 amide bonds. The van der Waals surface area contributed by atoms with Crippen LogP contribution in [0, 0.1) is 6.92 Å². The lowest BCUT2D eigenvalue weighted by Crippen LogP contribution is -1.96. The Kier molecular flexibility index (Phi) is 3.72. The quantitative estimate of drug-likeness (QED) is 0.803. The van der Waals surface area contributed by atoms with Crippen LogP contribution in [0.4, 0.5) is 17.1 Å². The maximum Gasteiger partial charge on any atom is 0.121 e. The van der Waals surface area contributed by atoms with Gasteiger partial charge in [0.15, 0.2) is 0 Å². The van der Waals surface area contributed by atoms with E-state index in [1.165, 1.54) is 0 Å². The molecular formula is C15H18N2O. The Morgan fingerprint density at radius 2 is 2.00 bits per heavy atom. The monoisotopic (exact) mass is 242 g/mol. The van der Waals surface area contributed by atoms with Gasteiger partial charge >= 0.3 is 0 Å². The molecule has 0 spiro atoms. The molecule has 2 aromatic carbocycles. The molecule has 94 valence electrons. The molecule has 0 aromatic heterocycles. The summed E-state index contributed by atoms with van der Waals surface area (Å²) in [5, 5.41) is 3.35. The van der Waals surface area contributed by atoms with Crippen molar-refractivity contribution in [1.82, 2.24) is 0 Å².